The zero-order chi connectivity index (χ0) is 13.0. The summed E-state index contributed by atoms with van der Waals surface area (Å²) in [5, 5.41) is 8.58. The molecule has 1 atom stereocenters. The van der Waals surface area contributed by atoms with Gasteiger partial charge in [0.2, 0.25) is 0 Å². The second kappa shape index (κ2) is 5.68. The molecule has 0 heterocycles. The van der Waals surface area contributed by atoms with E-state index in [4.69, 9.17) is 15.6 Å². The molecule has 0 bridgehead atoms. The topological polar surface area (TPSA) is 72.5 Å². The molecular weight excluding hydrogens is 218 g/mol. The highest BCUT2D eigenvalue weighted by atomic mass is 16.5. The summed E-state index contributed by atoms with van der Waals surface area (Å²) in [6, 6.07) is 3.53. The first-order chi connectivity index (χ1) is 7.90. The smallest absolute Gasteiger partial charge is 0.305 e. The molecule has 17 heavy (non-hydrogen) atoms. The third-order valence-corrected chi connectivity index (χ3v) is 2.68. The average Bonchev–Trinajstić information content (AvgIpc) is 2.20. The summed E-state index contributed by atoms with van der Waals surface area (Å²) in [5.74, 6) is -0.133. The standard InChI is InChI=1S/C13H19NO3/c1-8-4-10(3)12(5-9(8)2)17-7-11(14)6-13(15)16/h4-5,11H,6-7,14H2,1-3H3,(H,15,16). The molecule has 0 amide bonds. The van der Waals surface area contributed by atoms with Crippen LogP contribution in [0.2, 0.25) is 0 Å². The Morgan fingerprint density at radius 2 is 1.88 bits per heavy atom. The van der Waals surface area contributed by atoms with Crippen molar-refractivity contribution in [3.8, 4) is 5.75 Å². The first kappa shape index (κ1) is 13.5. The van der Waals surface area contributed by atoms with Crippen LogP contribution in [0.4, 0.5) is 0 Å². The Morgan fingerprint density at radius 1 is 1.29 bits per heavy atom. The summed E-state index contributed by atoms with van der Waals surface area (Å²) in [5.41, 5.74) is 9.04. The minimum absolute atomic E-state index is 0.0795. The number of nitrogens with two attached hydrogens (primary N) is 1. The van der Waals surface area contributed by atoms with Gasteiger partial charge in [0.15, 0.2) is 0 Å². The molecule has 1 aromatic carbocycles. The van der Waals surface area contributed by atoms with E-state index in [0.29, 0.717) is 0 Å². The number of aliphatic carboxylic acids is 1. The molecular formula is C13H19NO3. The van der Waals surface area contributed by atoms with E-state index in [1.54, 1.807) is 0 Å². The van der Waals surface area contributed by atoms with Crippen molar-refractivity contribution in [3.05, 3.63) is 28.8 Å². The quantitative estimate of drug-likeness (QED) is 0.819. The van der Waals surface area contributed by atoms with E-state index in [1.807, 2.05) is 32.9 Å². The monoisotopic (exact) mass is 237 g/mol. The maximum absolute atomic E-state index is 10.5. The van der Waals surface area contributed by atoms with E-state index in [-0.39, 0.29) is 13.0 Å². The van der Waals surface area contributed by atoms with Crippen molar-refractivity contribution in [2.24, 2.45) is 5.73 Å². The molecule has 0 saturated carbocycles. The molecule has 1 rings (SSSR count). The van der Waals surface area contributed by atoms with Crippen molar-refractivity contribution < 1.29 is 14.6 Å². The highest BCUT2D eigenvalue weighted by Gasteiger charge is 2.10. The lowest BCUT2D eigenvalue weighted by atomic mass is 10.1. The van der Waals surface area contributed by atoms with Gasteiger partial charge in [-0.1, -0.05) is 6.07 Å². The number of hydrogen-bond donors (Lipinski definition) is 2. The van der Waals surface area contributed by atoms with Crippen LogP contribution in [0.3, 0.4) is 0 Å². The van der Waals surface area contributed by atoms with E-state index < -0.39 is 12.0 Å². The summed E-state index contributed by atoms with van der Waals surface area (Å²) in [6.45, 7) is 6.24. The molecule has 0 aliphatic carbocycles. The van der Waals surface area contributed by atoms with Crippen molar-refractivity contribution in [3.63, 3.8) is 0 Å². The molecule has 1 aromatic rings. The SMILES string of the molecule is Cc1cc(C)c(OCC(N)CC(=O)O)cc1C. The number of hydrogen-bond acceptors (Lipinski definition) is 3. The third kappa shape index (κ3) is 4.07. The van der Waals surface area contributed by atoms with Crippen LogP contribution in [-0.4, -0.2) is 23.7 Å². The lowest BCUT2D eigenvalue weighted by molar-refractivity contribution is -0.137. The van der Waals surface area contributed by atoms with E-state index in [0.717, 1.165) is 16.9 Å². The van der Waals surface area contributed by atoms with Gasteiger partial charge in [0.05, 0.1) is 6.42 Å². The van der Waals surface area contributed by atoms with Crippen molar-refractivity contribution in [2.75, 3.05) is 6.61 Å². The van der Waals surface area contributed by atoms with Gasteiger partial charge in [-0.05, 0) is 43.5 Å². The van der Waals surface area contributed by atoms with Crippen molar-refractivity contribution in [2.45, 2.75) is 33.2 Å². The number of carboxylic acids is 1. The van der Waals surface area contributed by atoms with Crippen LogP contribution in [0.5, 0.6) is 5.75 Å². The minimum atomic E-state index is -0.905. The first-order valence-electron chi connectivity index (χ1n) is 5.58. The molecule has 3 N–H and O–H groups in total. The van der Waals surface area contributed by atoms with Crippen LogP contribution in [0.1, 0.15) is 23.1 Å². The summed E-state index contributed by atoms with van der Waals surface area (Å²) >= 11 is 0. The van der Waals surface area contributed by atoms with Gasteiger partial charge in [0, 0.05) is 6.04 Å². The fourth-order valence-electron chi connectivity index (χ4n) is 1.57. The molecule has 0 fully saturated rings. The second-order valence-electron chi connectivity index (χ2n) is 4.37. The highest BCUT2D eigenvalue weighted by Crippen LogP contribution is 2.22. The van der Waals surface area contributed by atoms with Gasteiger partial charge >= 0.3 is 5.97 Å². The largest absolute Gasteiger partial charge is 0.492 e. The van der Waals surface area contributed by atoms with Gasteiger partial charge in [0.25, 0.3) is 0 Å². The zero-order valence-electron chi connectivity index (χ0n) is 10.5. The normalized spacial score (nSPS) is 12.2. The molecule has 0 spiro atoms. The first-order valence-corrected chi connectivity index (χ1v) is 5.58. The number of carboxylic acid groups (broad SMARTS) is 1. The number of aryl methyl sites for hydroxylation is 3. The van der Waals surface area contributed by atoms with Crippen LogP contribution in [0.25, 0.3) is 0 Å². The number of rotatable bonds is 5. The van der Waals surface area contributed by atoms with E-state index in [1.165, 1.54) is 5.56 Å². The number of ether oxygens (including phenoxy) is 1. The van der Waals surface area contributed by atoms with Crippen LogP contribution in [-0.2, 0) is 4.79 Å². The van der Waals surface area contributed by atoms with Crippen LogP contribution >= 0.6 is 0 Å². The Hall–Kier alpha value is -1.55. The Balaban J connectivity index is 2.63. The maximum atomic E-state index is 10.5. The maximum Gasteiger partial charge on any atom is 0.305 e. The molecule has 4 nitrogen and oxygen atoms in total. The van der Waals surface area contributed by atoms with Crippen molar-refractivity contribution in [1.82, 2.24) is 0 Å². The molecule has 0 aliphatic heterocycles. The molecule has 4 heteroatoms. The van der Waals surface area contributed by atoms with Crippen LogP contribution in [0, 0.1) is 20.8 Å². The van der Waals surface area contributed by atoms with Gasteiger partial charge in [0.1, 0.15) is 12.4 Å². The molecule has 0 aromatic heterocycles. The van der Waals surface area contributed by atoms with Crippen molar-refractivity contribution >= 4 is 5.97 Å². The minimum Gasteiger partial charge on any atom is -0.492 e. The number of carbonyl (C=O) groups is 1. The Morgan fingerprint density at radius 3 is 2.47 bits per heavy atom. The predicted octanol–water partition coefficient (Wildman–Crippen LogP) is 1.79. The fourth-order valence-corrected chi connectivity index (χ4v) is 1.57. The predicted molar refractivity (Wildman–Crippen MR) is 66.4 cm³/mol. The summed E-state index contributed by atoms with van der Waals surface area (Å²) in [4.78, 5) is 10.5. The fraction of sp³-hybridized carbons (Fsp3) is 0.462. The number of benzene rings is 1. The molecule has 0 saturated heterocycles. The lowest BCUT2D eigenvalue weighted by Gasteiger charge is -2.14. The van der Waals surface area contributed by atoms with E-state index >= 15 is 0 Å². The lowest BCUT2D eigenvalue weighted by Crippen LogP contribution is -2.30. The van der Waals surface area contributed by atoms with Gasteiger partial charge in [-0.15, -0.1) is 0 Å². The van der Waals surface area contributed by atoms with Crippen LogP contribution in [0.15, 0.2) is 12.1 Å². The Kier molecular flexibility index (Phi) is 4.52. The van der Waals surface area contributed by atoms with Crippen molar-refractivity contribution in [1.29, 1.82) is 0 Å². The zero-order valence-corrected chi connectivity index (χ0v) is 10.5. The summed E-state index contributed by atoms with van der Waals surface area (Å²) < 4.78 is 5.55. The van der Waals surface area contributed by atoms with Gasteiger partial charge in [-0.25, -0.2) is 0 Å². The molecule has 1 unspecified atom stereocenters. The average molecular weight is 237 g/mol. The molecule has 0 aliphatic rings. The van der Waals surface area contributed by atoms with Gasteiger partial charge < -0.3 is 15.6 Å². The van der Waals surface area contributed by atoms with Crippen LogP contribution < -0.4 is 10.5 Å². The third-order valence-electron chi connectivity index (χ3n) is 2.68. The summed E-state index contributed by atoms with van der Waals surface area (Å²) in [6.07, 6.45) is -0.0795. The van der Waals surface area contributed by atoms with Gasteiger partial charge in [-0.3, -0.25) is 4.79 Å². The molecule has 0 radical (unpaired) electrons. The van der Waals surface area contributed by atoms with E-state index in [2.05, 4.69) is 0 Å². The van der Waals surface area contributed by atoms with Gasteiger partial charge in [-0.2, -0.15) is 0 Å². The highest BCUT2D eigenvalue weighted by molar-refractivity contribution is 5.67. The Bertz CT molecular complexity index is 415. The second-order valence-corrected chi connectivity index (χ2v) is 4.37. The molecule has 94 valence electrons. The summed E-state index contributed by atoms with van der Waals surface area (Å²) in [7, 11) is 0. The Labute approximate surface area is 101 Å². The van der Waals surface area contributed by atoms with E-state index in [9.17, 15) is 4.79 Å².